The number of halogens is 1. The number of hydrogen-bond donors (Lipinski definition) is 0. The number of benzene rings is 1. The molecule has 2 aromatic rings. The first kappa shape index (κ1) is 17.4. The molecular formula is C18H23ClSe2. The normalized spacial score (nSPS) is 11.0. The Balaban J connectivity index is 2.14. The summed E-state index contributed by atoms with van der Waals surface area (Å²) in [6, 6.07) is 11.0. The van der Waals surface area contributed by atoms with E-state index in [1.165, 1.54) is 43.0 Å². The third-order valence-corrected chi connectivity index (χ3v) is 9.23. The van der Waals surface area contributed by atoms with Gasteiger partial charge in [-0.1, -0.05) is 0 Å². The van der Waals surface area contributed by atoms with E-state index in [0.717, 1.165) is 5.02 Å². The first-order valence-electron chi connectivity index (χ1n) is 7.78. The van der Waals surface area contributed by atoms with Crippen LogP contribution in [0.4, 0.5) is 0 Å². The predicted octanol–water partition coefficient (Wildman–Crippen LogP) is 3.74. The summed E-state index contributed by atoms with van der Waals surface area (Å²) in [4.78, 5) is 0. The van der Waals surface area contributed by atoms with Crippen LogP contribution in [0.3, 0.4) is 0 Å². The van der Waals surface area contributed by atoms with E-state index in [2.05, 4.69) is 32.0 Å². The number of aryl methyl sites for hydroxylation is 2. The molecule has 2 rings (SSSR count). The number of rotatable bonds is 8. The fraction of sp³-hybridized carbons (Fsp3) is 0.444. The standard InChI is InChI=1S/C18H23ClSe2/c1-3-5-7-16-13-18(17(21-16)8-6-4-2)20-15-11-9-14(19)10-12-15/h9-13H,3-8H2,1-2H3. The molecule has 1 aromatic heterocycles. The second-order valence-corrected chi connectivity index (χ2v) is 10.6. The Morgan fingerprint density at radius 1 is 1.00 bits per heavy atom. The van der Waals surface area contributed by atoms with Crippen molar-refractivity contribution in [2.75, 3.05) is 0 Å². The topological polar surface area (TPSA) is 0 Å². The molecule has 1 aromatic carbocycles. The molecule has 0 fully saturated rings. The number of unbranched alkanes of at least 4 members (excludes halogenated alkanes) is 2. The van der Waals surface area contributed by atoms with Crippen molar-refractivity contribution < 1.29 is 0 Å². The van der Waals surface area contributed by atoms with Gasteiger partial charge in [0, 0.05) is 0 Å². The van der Waals surface area contributed by atoms with E-state index >= 15 is 0 Å². The van der Waals surface area contributed by atoms with E-state index in [1.54, 1.807) is 13.3 Å². The van der Waals surface area contributed by atoms with Gasteiger partial charge in [0.15, 0.2) is 0 Å². The SMILES string of the molecule is CCCCc1cc([Se]c2ccc(Cl)cc2)c(CCCC)[se]1. The van der Waals surface area contributed by atoms with Crippen molar-refractivity contribution in [1.82, 2.24) is 0 Å². The Bertz CT molecular complexity index is 543. The molecule has 0 atom stereocenters. The summed E-state index contributed by atoms with van der Waals surface area (Å²) in [5, 5.41) is 0.838. The summed E-state index contributed by atoms with van der Waals surface area (Å²) >= 11 is 7.07. The molecule has 1 heterocycles. The van der Waals surface area contributed by atoms with Crippen molar-refractivity contribution in [1.29, 1.82) is 0 Å². The average molecular weight is 433 g/mol. The van der Waals surface area contributed by atoms with Crippen molar-refractivity contribution in [3.63, 3.8) is 0 Å². The quantitative estimate of drug-likeness (QED) is 0.558. The van der Waals surface area contributed by atoms with Crippen molar-refractivity contribution in [2.45, 2.75) is 52.4 Å². The molecule has 0 unspecified atom stereocenters. The summed E-state index contributed by atoms with van der Waals surface area (Å²) in [5.74, 6) is 0. The monoisotopic (exact) mass is 434 g/mol. The molecule has 114 valence electrons. The van der Waals surface area contributed by atoms with Gasteiger partial charge >= 0.3 is 147 Å². The van der Waals surface area contributed by atoms with Crippen LogP contribution in [-0.4, -0.2) is 29.5 Å². The first-order chi connectivity index (χ1) is 10.2. The zero-order valence-electron chi connectivity index (χ0n) is 12.8. The second kappa shape index (κ2) is 9.23. The third kappa shape index (κ3) is 5.62. The molecule has 0 aliphatic heterocycles. The molecule has 0 bridgehead atoms. The van der Waals surface area contributed by atoms with Gasteiger partial charge in [-0.15, -0.1) is 0 Å². The summed E-state index contributed by atoms with van der Waals surface area (Å²) in [5.41, 5.74) is 0. The molecule has 0 amide bonds. The summed E-state index contributed by atoms with van der Waals surface area (Å²) in [7, 11) is 0. The van der Waals surface area contributed by atoms with E-state index in [4.69, 9.17) is 11.6 Å². The van der Waals surface area contributed by atoms with Gasteiger partial charge in [0.2, 0.25) is 0 Å². The molecule has 0 spiro atoms. The molecule has 0 nitrogen and oxygen atoms in total. The maximum absolute atomic E-state index is 5.99. The van der Waals surface area contributed by atoms with Crippen LogP contribution in [0, 0.1) is 0 Å². The first-order valence-corrected chi connectivity index (χ1v) is 11.6. The zero-order valence-corrected chi connectivity index (χ0v) is 17.0. The van der Waals surface area contributed by atoms with Gasteiger partial charge in [-0.2, -0.15) is 0 Å². The molecule has 0 radical (unpaired) electrons. The van der Waals surface area contributed by atoms with Gasteiger partial charge < -0.3 is 0 Å². The molecular weight excluding hydrogens is 410 g/mol. The Morgan fingerprint density at radius 2 is 1.67 bits per heavy atom. The van der Waals surface area contributed by atoms with Crippen molar-refractivity contribution in [3.8, 4) is 0 Å². The Labute approximate surface area is 146 Å². The molecule has 0 N–H and O–H groups in total. The predicted molar refractivity (Wildman–Crippen MR) is 97.1 cm³/mol. The molecule has 0 saturated carbocycles. The minimum absolute atomic E-state index is 0.448. The fourth-order valence-electron chi connectivity index (χ4n) is 2.17. The van der Waals surface area contributed by atoms with Gasteiger partial charge in [-0.25, -0.2) is 0 Å². The van der Waals surface area contributed by atoms with Crippen LogP contribution in [0.5, 0.6) is 0 Å². The van der Waals surface area contributed by atoms with Crippen LogP contribution in [-0.2, 0) is 12.8 Å². The number of hydrogen-bond acceptors (Lipinski definition) is 0. The maximum atomic E-state index is 5.99. The second-order valence-electron chi connectivity index (χ2n) is 5.26. The van der Waals surface area contributed by atoms with Crippen LogP contribution in [0.15, 0.2) is 30.3 Å². The third-order valence-electron chi connectivity index (χ3n) is 3.40. The van der Waals surface area contributed by atoms with Crippen LogP contribution < -0.4 is 8.92 Å². The molecule has 0 aliphatic rings. The van der Waals surface area contributed by atoms with E-state index < -0.39 is 0 Å². The fourth-order valence-corrected chi connectivity index (χ4v) is 7.96. The Hall–Kier alpha value is 0.0290. The Morgan fingerprint density at radius 3 is 2.33 bits per heavy atom. The molecule has 0 aliphatic carbocycles. The van der Waals surface area contributed by atoms with Crippen molar-refractivity contribution in [3.05, 3.63) is 44.2 Å². The summed E-state index contributed by atoms with van der Waals surface area (Å²) < 4.78 is 6.59. The summed E-state index contributed by atoms with van der Waals surface area (Å²) in [6.07, 6.45) is 7.90. The average Bonchev–Trinajstić information content (AvgIpc) is 2.87. The van der Waals surface area contributed by atoms with Gasteiger partial charge in [0.1, 0.15) is 0 Å². The van der Waals surface area contributed by atoms with E-state index in [1.807, 2.05) is 12.1 Å². The van der Waals surface area contributed by atoms with Gasteiger partial charge in [-0.05, 0) is 0 Å². The van der Waals surface area contributed by atoms with E-state index in [0.29, 0.717) is 29.5 Å². The van der Waals surface area contributed by atoms with Gasteiger partial charge in [0.25, 0.3) is 0 Å². The van der Waals surface area contributed by atoms with Crippen molar-refractivity contribution in [2.24, 2.45) is 0 Å². The van der Waals surface area contributed by atoms with Crippen LogP contribution >= 0.6 is 11.6 Å². The van der Waals surface area contributed by atoms with Gasteiger partial charge in [-0.3, -0.25) is 0 Å². The van der Waals surface area contributed by atoms with Crippen LogP contribution in [0.25, 0.3) is 0 Å². The molecule has 0 saturated heterocycles. The van der Waals surface area contributed by atoms with Crippen molar-refractivity contribution >= 4 is 50.0 Å². The van der Waals surface area contributed by atoms with E-state index in [9.17, 15) is 0 Å². The minimum atomic E-state index is 0.448. The van der Waals surface area contributed by atoms with Crippen LogP contribution in [0.1, 0.15) is 48.4 Å². The van der Waals surface area contributed by atoms with E-state index in [-0.39, 0.29) is 0 Å². The molecule has 3 heteroatoms. The molecule has 21 heavy (non-hydrogen) atoms. The van der Waals surface area contributed by atoms with Crippen LogP contribution in [0.2, 0.25) is 5.02 Å². The summed E-state index contributed by atoms with van der Waals surface area (Å²) in [6.45, 7) is 4.57. The zero-order chi connectivity index (χ0) is 15.1. The van der Waals surface area contributed by atoms with Gasteiger partial charge in [0.05, 0.1) is 0 Å². The Kier molecular flexibility index (Phi) is 7.64.